The Kier molecular flexibility index (Phi) is 4.05. The minimum atomic E-state index is -0.486. The van der Waals surface area contributed by atoms with Crippen molar-refractivity contribution in [2.75, 3.05) is 0 Å². The van der Waals surface area contributed by atoms with Crippen LogP contribution in [0.1, 0.15) is 35.2 Å². The Labute approximate surface area is 150 Å². The van der Waals surface area contributed by atoms with E-state index in [-0.39, 0.29) is 11.5 Å². The van der Waals surface area contributed by atoms with E-state index in [0.29, 0.717) is 30.5 Å². The van der Waals surface area contributed by atoms with Gasteiger partial charge in [-0.3, -0.25) is 19.9 Å². The monoisotopic (exact) mass is 344 g/mol. The molecule has 0 atom stereocenters. The summed E-state index contributed by atoms with van der Waals surface area (Å²) >= 11 is 0. The number of nitro groups is 1. The molecule has 0 aliphatic carbocycles. The highest BCUT2D eigenvalue weighted by Crippen LogP contribution is 2.30. The van der Waals surface area contributed by atoms with Crippen LogP contribution in [0.2, 0.25) is 0 Å². The maximum atomic E-state index is 12.4. The molecule has 5 nitrogen and oxygen atoms in total. The van der Waals surface area contributed by atoms with Crippen molar-refractivity contribution in [3.8, 4) is 0 Å². The largest absolute Gasteiger partial charge is 0.294 e. The van der Waals surface area contributed by atoms with Gasteiger partial charge in [0, 0.05) is 24.3 Å². The highest BCUT2D eigenvalue weighted by atomic mass is 16.6. The second-order valence-electron chi connectivity index (χ2n) is 6.36. The second-order valence-corrected chi connectivity index (χ2v) is 6.36. The van der Waals surface area contributed by atoms with Crippen molar-refractivity contribution >= 4 is 33.6 Å². The van der Waals surface area contributed by atoms with E-state index in [0.717, 1.165) is 22.0 Å². The topological polar surface area (TPSA) is 72.6 Å². The van der Waals surface area contributed by atoms with Gasteiger partial charge in [-0.15, -0.1) is 0 Å². The van der Waals surface area contributed by atoms with E-state index in [2.05, 4.69) is 24.3 Å². The fourth-order valence-corrected chi connectivity index (χ4v) is 3.29. The number of nitrogens with zero attached hydrogens (tertiary/aromatic N) is 2. The number of aliphatic imine (C=N–C) groups is 1. The zero-order valence-electron chi connectivity index (χ0n) is 14.0. The number of non-ortho nitro benzene ring substituents is 1. The summed E-state index contributed by atoms with van der Waals surface area (Å²) in [6.45, 7) is 0. The average molecular weight is 344 g/mol. The van der Waals surface area contributed by atoms with Crippen molar-refractivity contribution in [1.29, 1.82) is 0 Å². The van der Waals surface area contributed by atoms with Crippen LogP contribution in [0.15, 0.2) is 65.7 Å². The zero-order chi connectivity index (χ0) is 18.1. The van der Waals surface area contributed by atoms with Gasteiger partial charge in [0.25, 0.3) is 5.69 Å². The maximum Gasteiger partial charge on any atom is 0.270 e. The van der Waals surface area contributed by atoms with E-state index in [9.17, 15) is 14.9 Å². The Morgan fingerprint density at radius 3 is 2.54 bits per heavy atom. The SMILES string of the molecule is O=C1CCCC(c2ccc3ccccc3c2)=Nc2ccc([N+](=O)[O-])cc21. The molecule has 0 saturated carbocycles. The van der Waals surface area contributed by atoms with Gasteiger partial charge in [0.15, 0.2) is 5.78 Å². The first-order valence-corrected chi connectivity index (χ1v) is 8.50. The third-order valence-electron chi connectivity index (χ3n) is 4.65. The molecule has 5 heteroatoms. The van der Waals surface area contributed by atoms with Gasteiger partial charge < -0.3 is 0 Å². The van der Waals surface area contributed by atoms with Crippen molar-refractivity contribution in [1.82, 2.24) is 0 Å². The standard InChI is InChI=1S/C21H16N2O3/c24-21-7-3-6-19(16-9-8-14-4-1-2-5-15(14)12-16)22-20-11-10-17(23(25)26)13-18(20)21/h1-2,4-5,8-13H,3,6-7H2. The van der Waals surface area contributed by atoms with Gasteiger partial charge in [0.05, 0.1) is 16.2 Å². The van der Waals surface area contributed by atoms with Crippen molar-refractivity contribution in [2.24, 2.45) is 4.99 Å². The van der Waals surface area contributed by atoms with Gasteiger partial charge in [-0.1, -0.05) is 36.4 Å². The average Bonchev–Trinajstić information content (AvgIpc) is 2.65. The predicted octanol–water partition coefficient (Wildman–Crippen LogP) is 5.24. The number of benzene rings is 3. The molecule has 0 aromatic heterocycles. The molecule has 1 aliphatic heterocycles. The molecule has 3 aromatic rings. The normalized spacial score (nSPS) is 14.3. The van der Waals surface area contributed by atoms with Gasteiger partial charge in [0.1, 0.15) is 0 Å². The number of Topliss-reactive ketones (excluding diaryl/α,β-unsaturated/α-hetero) is 1. The summed E-state index contributed by atoms with van der Waals surface area (Å²) in [5.74, 6) is -0.0926. The smallest absolute Gasteiger partial charge is 0.270 e. The highest BCUT2D eigenvalue weighted by molar-refractivity contribution is 6.08. The number of nitro benzene ring substituents is 1. The van der Waals surface area contributed by atoms with Crippen molar-refractivity contribution < 1.29 is 9.72 Å². The molecule has 128 valence electrons. The van der Waals surface area contributed by atoms with Crippen LogP contribution >= 0.6 is 0 Å². The number of carbonyl (C=O) groups excluding carboxylic acids is 1. The molecule has 0 fully saturated rings. The van der Waals surface area contributed by atoms with Crippen LogP contribution in [0.4, 0.5) is 11.4 Å². The molecular formula is C21H16N2O3. The van der Waals surface area contributed by atoms with Gasteiger partial charge >= 0.3 is 0 Å². The Bertz CT molecular complexity index is 1070. The first-order valence-electron chi connectivity index (χ1n) is 8.50. The van der Waals surface area contributed by atoms with Crippen LogP contribution < -0.4 is 0 Å². The molecule has 0 unspecified atom stereocenters. The van der Waals surface area contributed by atoms with Gasteiger partial charge in [-0.05, 0) is 41.3 Å². The fourth-order valence-electron chi connectivity index (χ4n) is 3.29. The van der Waals surface area contributed by atoms with Crippen molar-refractivity contribution in [3.05, 3.63) is 81.9 Å². The molecule has 1 heterocycles. The molecule has 0 saturated heterocycles. The lowest BCUT2D eigenvalue weighted by Gasteiger charge is -2.14. The molecule has 0 spiro atoms. The molecule has 26 heavy (non-hydrogen) atoms. The van der Waals surface area contributed by atoms with Crippen LogP contribution in [0.3, 0.4) is 0 Å². The lowest BCUT2D eigenvalue weighted by molar-refractivity contribution is -0.384. The predicted molar refractivity (Wildman–Crippen MR) is 101 cm³/mol. The number of hydrogen-bond donors (Lipinski definition) is 0. The van der Waals surface area contributed by atoms with Crippen LogP contribution in [0, 0.1) is 10.1 Å². The van der Waals surface area contributed by atoms with Crippen molar-refractivity contribution in [2.45, 2.75) is 19.3 Å². The molecule has 4 rings (SSSR count). The summed E-state index contributed by atoms with van der Waals surface area (Å²) in [7, 11) is 0. The third-order valence-corrected chi connectivity index (χ3v) is 4.65. The summed E-state index contributed by atoms with van der Waals surface area (Å²) in [5.41, 5.74) is 2.67. The Morgan fingerprint density at radius 1 is 0.923 bits per heavy atom. The number of carbonyl (C=O) groups is 1. The van der Waals surface area contributed by atoms with Crippen LogP contribution in [0.25, 0.3) is 10.8 Å². The minimum absolute atomic E-state index is 0.0832. The Morgan fingerprint density at radius 2 is 1.73 bits per heavy atom. The molecular weight excluding hydrogens is 328 g/mol. The number of rotatable bonds is 2. The van der Waals surface area contributed by atoms with Crippen LogP contribution in [-0.2, 0) is 0 Å². The van der Waals surface area contributed by atoms with Gasteiger partial charge in [-0.2, -0.15) is 0 Å². The van der Waals surface area contributed by atoms with E-state index < -0.39 is 4.92 Å². The fraction of sp³-hybridized carbons (Fsp3) is 0.143. The van der Waals surface area contributed by atoms with E-state index in [1.165, 1.54) is 12.1 Å². The molecule has 0 amide bonds. The van der Waals surface area contributed by atoms with E-state index >= 15 is 0 Å². The minimum Gasteiger partial charge on any atom is -0.294 e. The van der Waals surface area contributed by atoms with Gasteiger partial charge in [0.2, 0.25) is 0 Å². The molecule has 0 radical (unpaired) electrons. The first kappa shape index (κ1) is 16.1. The molecule has 1 aliphatic rings. The Hall–Kier alpha value is -3.34. The van der Waals surface area contributed by atoms with Crippen LogP contribution in [0.5, 0.6) is 0 Å². The zero-order valence-corrected chi connectivity index (χ0v) is 14.0. The second kappa shape index (κ2) is 6.52. The number of fused-ring (bicyclic) bond motifs is 2. The summed E-state index contributed by atoms with van der Waals surface area (Å²) < 4.78 is 0. The van der Waals surface area contributed by atoms with E-state index in [4.69, 9.17) is 4.99 Å². The third kappa shape index (κ3) is 2.99. The quantitative estimate of drug-likeness (QED) is 0.471. The molecule has 3 aromatic carbocycles. The molecule has 0 bridgehead atoms. The summed E-state index contributed by atoms with van der Waals surface area (Å²) in [4.78, 5) is 27.6. The number of hydrogen-bond acceptors (Lipinski definition) is 4. The maximum absolute atomic E-state index is 12.4. The first-order chi connectivity index (χ1) is 12.6. The van der Waals surface area contributed by atoms with E-state index in [1.54, 1.807) is 6.07 Å². The lowest BCUT2D eigenvalue weighted by atomic mass is 9.96. The highest BCUT2D eigenvalue weighted by Gasteiger charge is 2.20. The summed E-state index contributed by atoms with van der Waals surface area (Å²) in [5, 5.41) is 13.3. The summed E-state index contributed by atoms with van der Waals surface area (Å²) in [6.07, 6.45) is 1.73. The van der Waals surface area contributed by atoms with Crippen LogP contribution in [-0.4, -0.2) is 16.4 Å². The molecule has 0 N–H and O–H groups in total. The summed E-state index contributed by atoms with van der Waals surface area (Å²) in [6, 6.07) is 18.6. The van der Waals surface area contributed by atoms with Gasteiger partial charge in [-0.25, -0.2) is 0 Å². The Balaban J connectivity index is 1.84. The van der Waals surface area contributed by atoms with E-state index in [1.807, 2.05) is 18.2 Å². The number of ketones is 1. The lowest BCUT2D eigenvalue weighted by Crippen LogP contribution is -2.09. The van der Waals surface area contributed by atoms with Crippen molar-refractivity contribution in [3.63, 3.8) is 0 Å².